The molecule has 0 aliphatic heterocycles. The van der Waals surface area contributed by atoms with Gasteiger partial charge in [-0.1, -0.05) is 37.6 Å². The second-order valence-electron chi connectivity index (χ2n) is 6.43. The summed E-state index contributed by atoms with van der Waals surface area (Å²) in [5.74, 6) is -0.239. The number of thiocarbonyl (C=S) groups is 1. The molecule has 0 radical (unpaired) electrons. The van der Waals surface area contributed by atoms with Crippen molar-refractivity contribution in [2.75, 3.05) is 10.6 Å². The minimum atomic E-state index is -0.239. The lowest BCUT2D eigenvalue weighted by Gasteiger charge is -2.09. The van der Waals surface area contributed by atoms with E-state index < -0.39 is 0 Å². The molecule has 2 N–H and O–H groups in total. The third-order valence-electron chi connectivity index (χ3n) is 4.18. The van der Waals surface area contributed by atoms with Crippen LogP contribution >= 0.6 is 12.2 Å². The predicted octanol–water partition coefficient (Wildman–Crippen LogP) is 5.22. The first-order valence-electron chi connectivity index (χ1n) is 9.06. The van der Waals surface area contributed by atoms with Crippen LogP contribution in [0.5, 0.6) is 0 Å². The van der Waals surface area contributed by atoms with Gasteiger partial charge in [0.15, 0.2) is 5.11 Å². The zero-order chi connectivity index (χ0) is 19.1. The Morgan fingerprint density at radius 1 is 1.00 bits per heavy atom. The molecule has 0 aliphatic rings. The topological polar surface area (TPSA) is 41.9 Å². The molecule has 2 aromatic carbocycles. The Hall–Kier alpha value is -2.73. The first kappa shape index (κ1) is 19.0. The van der Waals surface area contributed by atoms with Crippen LogP contribution in [0.1, 0.15) is 30.9 Å². The summed E-state index contributed by atoms with van der Waals surface area (Å²) < 4.78 is 14.8. The number of halogens is 1. The lowest BCUT2D eigenvalue weighted by Crippen LogP contribution is -2.18. The molecule has 0 amide bonds. The second-order valence-corrected chi connectivity index (χ2v) is 6.84. The van der Waals surface area contributed by atoms with Crippen LogP contribution in [0, 0.1) is 5.82 Å². The average molecular weight is 383 g/mol. The van der Waals surface area contributed by atoms with Gasteiger partial charge in [-0.2, -0.15) is 5.10 Å². The van der Waals surface area contributed by atoms with Crippen molar-refractivity contribution in [2.45, 2.75) is 32.7 Å². The molecule has 3 aromatic rings. The first-order chi connectivity index (χ1) is 13.1. The lowest BCUT2D eigenvalue weighted by atomic mass is 10.1. The fourth-order valence-corrected chi connectivity index (χ4v) is 2.96. The third kappa shape index (κ3) is 5.89. The number of rotatable bonds is 7. The van der Waals surface area contributed by atoms with Crippen molar-refractivity contribution in [3.8, 4) is 0 Å². The number of aromatic nitrogens is 2. The predicted molar refractivity (Wildman–Crippen MR) is 113 cm³/mol. The van der Waals surface area contributed by atoms with Gasteiger partial charge in [0, 0.05) is 11.9 Å². The van der Waals surface area contributed by atoms with E-state index in [4.69, 9.17) is 12.2 Å². The first-order valence-corrected chi connectivity index (χ1v) is 9.47. The molecular formula is C21H23FN4S. The number of aryl methyl sites for hydroxylation is 1. The number of hydrogen-bond acceptors (Lipinski definition) is 2. The Balaban J connectivity index is 1.52. The van der Waals surface area contributed by atoms with E-state index in [0.29, 0.717) is 11.7 Å². The molecule has 0 spiro atoms. The number of benzene rings is 2. The lowest BCUT2D eigenvalue weighted by molar-refractivity contribution is 0.624. The molecule has 0 saturated heterocycles. The Morgan fingerprint density at radius 3 is 2.37 bits per heavy atom. The van der Waals surface area contributed by atoms with E-state index in [0.717, 1.165) is 23.4 Å². The van der Waals surface area contributed by atoms with Crippen molar-refractivity contribution in [1.82, 2.24) is 9.78 Å². The summed E-state index contributed by atoms with van der Waals surface area (Å²) in [6, 6.07) is 14.7. The number of nitrogens with one attached hydrogen (secondary N) is 2. The smallest absolute Gasteiger partial charge is 0.175 e. The Morgan fingerprint density at radius 2 is 1.67 bits per heavy atom. The SMILES string of the molecule is CCCCc1ccc(NC(=S)Nc2cnn(Cc3ccc(F)cc3)c2)cc1. The normalized spacial score (nSPS) is 10.6. The van der Waals surface area contributed by atoms with Crippen LogP contribution in [0.25, 0.3) is 0 Å². The summed E-state index contributed by atoms with van der Waals surface area (Å²) >= 11 is 5.37. The third-order valence-corrected chi connectivity index (χ3v) is 4.38. The van der Waals surface area contributed by atoms with Gasteiger partial charge >= 0.3 is 0 Å². The van der Waals surface area contributed by atoms with Crippen molar-refractivity contribution in [2.24, 2.45) is 0 Å². The quantitative estimate of drug-likeness (QED) is 0.550. The summed E-state index contributed by atoms with van der Waals surface area (Å²) in [5, 5.41) is 11.1. The maximum atomic E-state index is 13.0. The Bertz CT molecular complexity index is 872. The van der Waals surface area contributed by atoms with Gasteiger partial charge in [0.1, 0.15) is 5.82 Å². The van der Waals surface area contributed by atoms with Crippen LogP contribution in [-0.4, -0.2) is 14.9 Å². The molecule has 0 aliphatic carbocycles. The van der Waals surface area contributed by atoms with Gasteiger partial charge in [-0.25, -0.2) is 4.39 Å². The molecule has 140 valence electrons. The zero-order valence-corrected chi connectivity index (χ0v) is 16.1. The molecule has 0 unspecified atom stereocenters. The van der Waals surface area contributed by atoms with E-state index >= 15 is 0 Å². The number of unbranched alkanes of at least 4 members (excludes halogenated alkanes) is 1. The zero-order valence-electron chi connectivity index (χ0n) is 15.3. The Labute approximate surface area is 164 Å². The highest BCUT2D eigenvalue weighted by Crippen LogP contribution is 2.13. The molecular weight excluding hydrogens is 359 g/mol. The average Bonchev–Trinajstić information content (AvgIpc) is 3.09. The van der Waals surface area contributed by atoms with Crippen LogP contribution in [0.2, 0.25) is 0 Å². The standard InChI is InChI=1S/C21H23FN4S/c1-2-3-4-16-7-11-19(12-8-16)24-21(27)25-20-13-23-26(15-20)14-17-5-9-18(22)10-6-17/h5-13,15H,2-4,14H2,1H3,(H2,24,25,27). The van der Waals surface area contributed by atoms with Crippen LogP contribution in [0.15, 0.2) is 60.9 Å². The highest BCUT2D eigenvalue weighted by atomic mass is 32.1. The summed E-state index contributed by atoms with van der Waals surface area (Å²) in [7, 11) is 0. The molecule has 27 heavy (non-hydrogen) atoms. The Kier molecular flexibility index (Phi) is 6.54. The second kappa shape index (κ2) is 9.28. The fraction of sp³-hybridized carbons (Fsp3) is 0.238. The van der Waals surface area contributed by atoms with Crippen LogP contribution in [0.4, 0.5) is 15.8 Å². The molecule has 4 nitrogen and oxygen atoms in total. The van der Waals surface area contributed by atoms with Gasteiger partial charge in [-0.15, -0.1) is 0 Å². The summed E-state index contributed by atoms with van der Waals surface area (Å²) in [5.41, 5.74) is 4.07. The maximum Gasteiger partial charge on any atom is 0.175 e. The van der Waals surface area contributed by atoms with E-state index in [2.05, 4.69) is 34.8 Å². The molecule has 3 rings (SSSR count). The number of nitrogens with zero attached hydrogens (tertiary/aromatic N) is 2. The molecule has 1 aromatic heterocycles. The van der Waals surface area contributed by atoms with Crippen LogP contribution < -0.4 is 10.6 Å². The molecule has 0 fully saturated rings. The van der Waals surface area contributed by atoms with Gasteiger partial charge in [0.2, 0.25) is 0 Å². The van der Waals surface area contributed by atoms with Crippen LogP contribution in [-0.2, 0) is 13.0 Å². The van der Waals surface area contributed by atoms with Crippen molar-refractivity contribution in [3.63, 3.8) is 0 Å². The van der Waals surface area contributed by atoms with Gasteiger partial charge in [0.05, 0.1) is 18.4 Å². The highest BCUT2D eigenvalue weighted by molar-refractivity contribution is 7.80. The summed E-state index contributed by atoms with van der Waals surface area (Å²) in [6.07, 6.45) is 7.08. The van der Waals surface area contributed by atoms with E-state index in [-0.39, 0.29) is 5.82 Å². The number of hydrogen-bond donors (Lipinski definition) is 2. The van der Waals surface area contributed by atoms with E-state index in [1.54, 1.807) is 23.0 Å². The molecule has 0 saturated carbocycles. The van der Waals surface area contributed by atoms with Gasteiger partial charge < -0.3 is 10.6 Å². The minimum Gasteiger partial charge on any atom is -0.332 e. The molecule has 6 heteroatoms. The molecule has 0 bridgehead atoms. The minimum absolute atomic E-state index is 0.239. The largest absolute Gasteiger partial charge is 0.332 e. The fourth-order valence-electron chi connectivity index (χ4n) is 2.72. The molecule has 0 atom stereocenters. The van der Waals surface area contributed by atoms with Gasteiger partial charge in [-0.3, -0.25) is 4.68 Å². The van der Waals surface area contributed by atoms with E-state index in [1.165, 1.54) is 30.5 Å². The van der Waals surface area contributed by atoms with Gasteiger partial charge in [0.25, 0.3) is 0 Å². The van der Waals surface area contributed by atoms with Crippen molar-refractivity contribution >= 4 is 28.7 Å². The van der Waals surface area contributed by atoms with Crippen molar-refractivity contribution in [3.05, 3.63) is 77.9 Å². The van der Waals surface area contributed by atoms with Crippen molar-refractivity contribution in [1.29, 1.82) is 0 Å². The van der Waals surface area contributed by atoms with E-state index in [9.17, 15) is 4.39 Å². The maximum absolute atomic E-state index is 13.0. The summed E-state index contributed by atoms with van der Waals surface area (Å²) in [6.45, 7) is 2.77. The molecule has 1 heterocycles. The monoisotopic (exact) mass is 382 g/mol. The van der Waals surface area contributed by atoms with Gasteiger partial charge in [-0.05, 0) is 60.5 Å². The number of anilines is 2. The highest BCUT2D eigenvalue weighted by Gasteiger charge is 2.03. The van der Waals surface area contributed by atoms with Crippen molar-refractivity contribution < 1.29 is 4.39 Å². The van der Waals surface area contributed by atoms with E-state index in [1.807, 2.05) is 18.3 Å². The summed E-state index contributed by atoms with van der Waals surface area (Å²) in [4.78, 5) is 0. The van der Waals surface area contributed by atoms with Crippen LogP contribution in [0.3, 0.4) is 0 Å².